The number of aliphatic hydroxyl groups excluding tert-OH is 1. The number of carbonyl (C=O) groups excluding carboxylic acids is 1. The summed E-state index contributed by atoms with van der Waals surface area (Å²) in [6.45, 7) is 2.08. The average molecular weight is 266 g/mol. The first-order valence-electron chi connectivity index (χ1n) is 5.98. The van der Waals surface area contributed by atoms with E-state index in [0.29, 0.717) is 6.54 Å². The Morgan fingerprint density at radius 2 is 1.74 bits per heavy atom. The van der Waals surface area contributed by atoms with Gasteiger partial charge in [-0.2, -0.15) is 0 Å². The molecule has 104 valence electrons. The Morgan fingerprint density at radius 1 is 1.16 bits per heavy atom. The molecule has 19 heavy (non-hydrogen) atoms. The second-order valence-corrected chi connectivity index (χ2v) is 4.26. The van der Waals surface area contributed by atoms with Crippen LogP contribution >= 0.6 is 0 Å². The molecule has 2 atom stereocenters. The van der Waals surface area contributed by atoms with Crippen molar-refractivity contribution in [3.05, 3.63) is 35.9 Å². The van der Waals surface area contributed by atoms with Gasteiger partial charge in [0.25, 0.3) is 0 Å². The maximum Gasteiger partial charge on any atom is 0.334 e. The van der Waals surface area contributed by atoms with Gasteiger partial charge >= 0.3 is 12.0 Å². The Labute approximate surface area is 111 Å². The summed E-state index contributed by atoms with van der Waals surface area (Å²) >= 11 is 0. The zero-order valence-corrected chi connectivity index (χ0v) is 10.7. The van der Waals surface area contributed by atoms with Crippen molar-refractivity contribution in [1.82, 2.24) is 10.6 Å². The molecular formula is C13H18N2O4. The van der Waals surface area contributed by atoms with Gasteiger partial charge in [-0.25, -0.2) is 9.59 Å². The molecule has 6 heteroatoms. The van der Waals surface area contributed by atoms with Gasteiger partial charge in [0.2, 0.25) is 0 Å². The third-order valence-electron chi connectivity index (χ3n) is 2.68. The molecule has 0 spiro atoms. The molecule has 2 unspecified atom stereocenters. The van der Waals surface area contributed by atoms with Crippen molar-refractivity contribution in [2.45, 2.75) is 18.9 Å². The molecule has 1 rings (SSSR count). The third kappa shape index (κ3) is 5.39. The Morgan fingerprint density at radius 3 is 2.32 bits per heavy atom. The minimum atomic E-state index is -1.59. The highest BCUT2D eigenvalue weighted by Crippen LogP contribution is 2.12. The van der Waals surface area contributed by atoms with Gasteiger partial charge in [0.05, 0.1) is 6.54 Å². The second kappa shape index (κ2) is 7.38. The molecule has 0 saturated heterocycles. The van der Waals surface area contributed by atoms with E-state index in [1.165, 1.54) is 0 Å². The van der Waals surface area contributed by atoms with E-state index in [9.17, 15) is 9.59 Å². The van der Waals surface area contributed by atoms with Crippen LogP contribution in [0.4, 0.5) is 4.79 Å². The summed E-state index contributed by atoms with van der Waals surface area (Å²) in [5, 5.41) is 22.3. The number of nitrogens with one attached hydrogen (secondary N) is 2. The first-order valence-corrected chi connectivity index (χ1v) is 5.98. The normalized spacial score (nSPS) is 13.4. The molecule has 0 bridgehead atoms. The summed E-state index contributed by atoms with van der Waals surface area (Å²) in [6, 6.07) is 9.22. The van der Waals surface area contributed by atoms with Gasteiger partial charge < -0.3 is 20.8 Å². The molecule has 2 amide bonds. The van der Waals surface area contributed by atoms with Crippen molar-refractivity contribution in [3.8, 4) is 0 Å². The van der Waals surface area contributed by atoms with E-state index in [0.717, 1.165) is 5.56 Å². The van der Waals surface area contributed by atoms with Crippen LogP contribution in [-0.2, 0) is 4.79 Å². The fourth-order valence-electron chi connectivity index (χ4n) is 1.48. The van der Waals surface area contributed by atoms with Crippen LogP contribution in [-0.4, -0.2) is 41.4 Å². The molecular weight excluding hydrogens is 248 g/mol. The molecule has 1 aromatic rings. The van der Waals surface area contributed by atoms with Crippen LogP contribution in [0.2, 0.25) is 0 Å². The zero-order valence-electron chi connectivity index (χ0n) is 10.7. The third-order valence-corrected chi connectivity index (χ3v) is 2.68. The quantitative estimate of drug-likeness (QED) is 0.603. The SMILES string of the molecule is CC(CNC(=O)NCC(O)C(=O)O)c1ccccc1. The summed E-state index contributed by atoms with van der Waals surface area (Å²) in [4.78, 5) is 21.7. The number of hydrogen-bond donors (Lipinski definition) is 4. The molecule has 1 aromatic carbocycles. The van der Waals surface area contributed by atoms with Crippen LogP contribution in [0, 0.1) is 0 Å². The number of urea groups is 1. The van der Waals surface area contributed by atoms with Gasteiger partial charge in [-0.15, -0.1) is 0 Å². The Balaban J connectivity index is 2.29. The molecule has 6 nitrogen and oxygen atoms in total. The minimum absolute atomic E-state index is 0.149. The van der Waals surface area contributed by atoms with Crippen LogP contribution in [0.25, 0.3) is 0 Å². The largest absolute Gasteiger partial charge is 0.479 e. The Kier molecular flexibility index (Phi) is 5.81. The van der Waals surface area contributed by atoms with Gasteiger partial charge in [0, 0.05) is 6.54 Å². The van der Waals surface area contributed by atoms with E-state index < -0.39 is 18.1 Å². The van der Waals surface area contributed by atoms with Crippen molar-refractivity contribution >= 4 is 12.0 Å². The molecule has 0 saturated carbocycles. The van der Waals surface area contributed by atoms with Gasteiger partial charge in [-0.1, -0.05) is 37.3 Å². The maximum absolute atomic E-state index is 11.4. The van der Waals surface area contributed by atoms with Crippen molar-refractivity contribution in [2.24, 2.45) is 0 Å². The molecule has 0 aliphatic rings. The number of benzene rings is 1. The van der Waals surface area contributed by atoms with Crippen LogP contribution in [0.3, 0.4) is 0 Å². The van der Waals surface area contributed by atoms with E-state index in [4.69, 9.17) is 10.2 Å². The topological polar surface area (TPSA) is 98.7 Å². The van der Waals surface area contributed by atoms with Gasteiger partial charge in [-0.05, 0) is 11.5 Å². The fraction of sp³-hybridized carbons (Fsp3) is 0.385. The standard InChI is InChI=1S/C13H18N2O4/c1-9(10-5-3-2-4-6-10)7-14-13(19)15-8-11(16)12(17)18/h2-6,9,11,16H,7-8H2,1H3,(H,17,18)(H2,14,15,19). The summed E-state index contributed by atoms with van der Waals surface area (Å²) in [6.07, 6.45) is -1.59. The molecule has 0 aliphatic carbocycles. The molecule has 0 aromatic heterocycles. The van der Waals surface area contributed by atoms with E-state index >= 15 is 0 Å². The van der Waals surface area contributed by atoms with Crippen LogP contribution in [0.1, 0.15) is 18.4 Å². The highest BCUT2D eigenvalue weighted by Gasteiger charge is 2.14. The zero-order chi connectivity index (χ0) is 14.3. The molecule has 0 heterocycles. The highest BCUT2D eigenvalue weighted by atomic mass is 16.4. The lowest BCUT2D eigenvalue weighted by molar-refractivity contribution is -0.146. The molecule has 0 fully saturated rings. The monoisotopic (exact) mass is 266 g/mol. The number of amides is 2. The van der Waals surface area contributed by atoms with E-state index in [2.05, 4.69) is 10.6 Å². The summed E-state index contributed by atoms with van der Waals surface area (Å²) in [7, 11) is 0. The minimum Gasteiger partial charge on any atom is -0.479 e. The first-order chi connectivity index (χ1) is 9.00. The molecule has 0 radical (unpaired) electrons. The molecule has 4 N–H and O–H groups in total. The van der Waals surface area contributed by atoms with Crippen molar-refractivity contribution < 1.29 is 19.8 Å². The van der Waals surface area contributed by atoms with Crippen molar-refractivity contribution in [1.29, 1.82) is 0 Å². The summed E-state index contributed by atoms with van der Waals surface area (Å²) < 4.78 is 0. The maximum atomic E-state index is 11.4. The number of carboxylic acids is 1. The van der Waals surface area contributed by atoms with Crippen LogP contribution < -0.4 is 10.6 Å². The number of carbonyl (C=O) groups is 2. The summed E-state index contributed by atoms with van der Waals surface area (Å²) in [5.41, 5.74) is 1.10. The van der Waals surface area contributed by atoms with Crippen molar-refractivity contribution in [2.75, 3.05) is 13.1 Å². The second-order valence-electron chi connectivity index (χ2n) is 4.26. The predicted molar refractivity (Wildman–Crippen MR) is 69.9 cm³/mol. The van der Waals surface area contributed by atoms with E-state index in [-0.39, 0.29) is 12.5 Å². The van der Waals surface area contributed by atoms with Crippen LogP contribution in [0.5, 0.6) is 0 Å². The number of aliphatic carboxylic acids is 1. The first kappa shape index (κ1) is 15.0. The summed E-state index contributed by atoms with van der Waals surface area (Å²) in [5.74, 6) is -1.21. The van der Waals surface area contributed by atoms with Crippen LogP contribution in [0.15, 0.2) is 30.3 Å². The van der Waals surface area contributed by atoms with Gasteiger partial charge in [0.1, 0.15) is 0 Å². The van der Waals surface area contributed by atoms with Gasteiger partial charge in [-0.3, -0.25) is 0 Å². The lowest BCUT2D eigenvalue weighted by Crippen LogP contribution is -2.42. The highest BCUT2D eigenvalue weighted by molar-refractivity contribution is 5.76. The lowest BCUT2D eigenvalue weighted by atomic mass is 10.0. The van der Waals surface area contributed by atoms with E-state index in [1.807, 2.05) is 37.3 Å². The Bertz CT molecular complexity index is 422. The predicted octanol–water partition coefficient (Wildman–Crippen LogP) is 0.535. The lowest BCUT2D eigenvalue weighted by Gasteiger charge is -2.14. The fourth-order valence-corrected chi connectivity index (χ4v) is 1.48. The number of carboxylic acid groups (broad SMARTS) is 1. The van der Waals surface area contributed by atoms with Crippen molar-refractivity contribution in [3.63, 3.8) is 0 Å². The number of rotatable bonds is 6. The van der Waals surface area contributed by atoms with Gasteiger partial charge in [0.15, 0.2) is 6.10 Å². The molecule has 0 aliphatic heterocycles. The number of aliphatic hydroxyl groups is 1. The Hall–Kier alpha value is -2.08. The smallest absolute Gasteiger partial charge is 0.334 e. The average Bonchev–Trinajstić information content (AvgIpc) is 2.42. The number of hydrogen-bond acceptors (Lipinski definition) is 3. The van der Waals surface area contributed by atoms with E-state index in [1.54, 1.807) is 0 Å².